The topological polar surface area (TPSA) is 46.5 Å². The number of rotatable bonds is 3. The molecule has 18 heavy (non-hydrogen) atoms. The van der Waals surface area contributed by atoms with Crippen molar-refractivity contribution < 1.29 is 14.6 Å². The lowest BCUT2D eigenvalue weighted by Gasteiger charge is -2.31. The molecule has 0 radical (unpaired) electrons. The van der Waals surface area contributed by atoms with Crippen molar-refractivity contribution in [3.05, 3.63) is 23.3 Å². The van der Waals surface area contributed by atoms with Gasteiger partial charge in [0.15, 0.2) is 0 Å². The van der Waals surface area contributed by atoms with E-state index in [0.717, 1.165) is 19.3 Å². The first kappa shape index (κ1) is 13.3. The third-order valence-electron chi connectivity index (χ3n) is 4.17. The summed E-state index contributed by atoms with van der Waals surface area (Å²) in [4.78, 5) is 11.7. The molecule has 1 heterocycles. The Bertz CT molecular complexity index is 404. The lowest BCUT2D eigenvalue weighted by Crippen LogP contribution is -2.34. The van der Waals surface area contributed by atoms with Gasteiger partial charge in [0.2, 0.25) is 6.29 Å². The fourth-order valence-corrected chi connectivity index (χ4v) is 2.83. The van der Waals surface area contributed by atoms with Crippen LogP contribution in [0, 0.1) is 11.3 Å². The van der Waals surface area contributed by atoms with Gasteiger partial charge in [0, 0.05) is 5.92 Å². The van der Waals surface area contributed by atoms with Crippen molar-refractivity contribution in [2.24, 2.45) is 11.3 Å². The summed E-state index contributed by atoms with van der Waals surface area (Å²) in [5.41, 5.74) is 2.15. The van der Waals surface area contributed by atoms with Gasteiger partial charge in [-0.1, -0.05) is 23.3 Å². The second-order valence-electron chi connectivity index (χ2n) is 5.91. The van der Waals surface area contributed by atoms with Crippen molar-refractivity contribution in [2.45, 2.75) is 52.7 Å². The van der Waals surface area contributed by atoms with Crippen molar-refractivity contribution in [2.75, 3.05) is 0 Å². The monoisotopic (exact) mass is 250 g/mol. The number of hydrogen-bond donors (Lipinski definition) is 1. The Balaban J connectivity index is 2.03. The first-order valence-electron chi connectivity index (χ1n) is 6.64. The van der Waals surface area contributed by atoms with E-state index in [1.807, 2.05) is 6.92 Å². The molecule has 0 saturated carbocycles. The highest BCUT2D eigenvalue weighted by molar-refractivity contribution is 5.79. The van der Waals surface area contributed by atoms with Crippen molar-refractivity contribution in [1.29, 1.82) is 0 Å². The van der Waals surface area contributed by atoms with E-state index in [1.54, 1.807) is 0 Å². The van der Waals surface area contributed by atoms with Gasteiger partial charge in [-0.3, -0.25) is 4.79 Å². The van der Waals surface area contributed by atoms with E-state index in [-0.39, 0.29) is 11.9 Å². The summed E-state index contributed by atoms with van der Waals surface area (Å²) in [7, 11) is 0. The highest BCUT2D eigenvalue weighted by Crippen LogP contribution is 2.48. The fourth-order valence-electron chi connectivity index (χ4n) is 2.83. The fraction of sp³-hybridized carbons (Fsp3) is 0.667. The number of ether oxygens (including phenoxy) is 1. The third kappa shape index (κ3) is 2.37. The maximum atomic E-state index is 11.7. The molecule has 1 N–H and O–H groups in total. The van der Waals surface area contributed by atoms with Crippen molar-refractivity contribution >= 4 is 5.97 Å². The van der Waals surface area contributed by atoms with Crippen LogP contribution in [0.25, 0.3) is 0 Å². The summed E-state index contributed by atoms with van der Waals surface area (Å²) in [5.74, 6) is -0.323. The number of aliphatic hydroxyl groups is 1. The zero-order chi connectivity index (χ0) is 13.3. The molecule has 100 valence electrons. The van der Waals surface area contributed by atoms with Gasteiger partial charge in [0.05, 0.1) is 5.41 Å². The average Bonchev–Trinajstić information content (AvgIpc) is 2.51. The van der Waals surface area contributed by atoms with Crippen LogP contribution in [0.15, 0.2) is 23.3 Å². The molecule has 0 bridgehead atoms. The molecule has 0 aromatic heterocycles. The van der Waals surface area contributed by atoms with Crippen LogP contribution in [0.4, 0.5) is 0 Å². The summed E-state index contributed by atoms with van der Waals surface area (Å²) in [6.07, 6.45) is 6.98. The Labute approximate surface area is 109 Å². The van der Waals surface area contributed by atoms with Crippen LogP contribution in [0.1, 0.15) is 46.5 Å². The highest BCUT2D eigenvalue weighted by Gasteiger charge is 2.54. The summed E-state index contributed by atoms with van der Waals surface area (Å²) < 4.78 is 4.97. The molecule has 1 saturated heterocycles. The standard InChI is InChI=1S/C15H22O3/c1-10(2)5-4-6-11-7-8-15(3)12(9-11)13(16)18-14(15)17/h5,7,12-13,16H,4,6,8-9H2,1-3H3. The molecule has 2 aliphatic rings. The Hall–Kier alpha value is -1.09. The molecule has 0 spiro atoms. The van der Waals surface area contributed by atoms with Gasteiger partial charge < -0.3 is 9.84 Å². The lowest BCUT2D eigenvalue weighted by atomic mass is 9.69. The maximum Gasteiger partial charge on any atom is 0.314 e. The van der Waals surface area contributed by atoms with E-state index in [2.05, 4.69) is 26.0 Å². The zero-order valence-electron chi connectivity index (χ0n) is 11.4. The Kier molecular flexibility index (Phi) is 3.62. The number of carbonyl (C=O) groups excluding carboxylic acids is 1. The number of cyclic esters (lactones) is 1. The van der Waals surface area contributed by atoms with E-state index >= 15 is 0 Å². The SMILES string of the molecule is CC(C)=CCCC1=CCC2(C)C(=O)OC(O)C2C1. The molecule has 3 atom stereocenters. The van der Waals surface area contributed by atoms with Gasteiger partial charge in [-0.25, -0.2) is 0 Å². The van der Waals surface area contributed by atoms with E-state index in [9.17, 15) is 9.90 Å². The van der Waals surface area contributed by atoms with Crippen molar-refractivity contribution in [1.82, 2.24) is 0 Å². The van der Waals surface area contributed by atoms with E-state index in [0.29, 0.717) is 6.42 Å². The number of allylic oxidation sites excluding steroid dienone is 4. The van der Waals surface area contributed by atoms with Gasteiger partial charge in [-0.15, -0.1) is 0 Å². The van der Waals surface area contributed by atoms with Gasteiger partial charge in [0.1, 0.15) is 0 Å². The average molecular weight is 250 g/mol. The Morgan fingerprint density at radius 1 is 1.61 bits per heavy atom. The molecule has 0 amide bonds. The quantitative estimate of drug-likeness (QED) is 0.618. The summed E-state index contributed by atoms with van der Waals surface area (Å²) in [6.45, 7) is 6.10. The molecular weight excluding hydrogens is 228 g/mol. The second-order valence-corrected chi connectivity index (χ2v) is 5.91. The van der Waals surface area contributed by atoms with Crippen molar-refractivity contribution in [3.8, 4) is 0 Å². The van der Waals surface area contributed by atoms with Crippen LogP contribution in [0.3, 0.4) is 0 Å². The molecule has 0 aromatic carbocycles. The molecule has 2 rings (SSSR count). The number of esters is 1. The smallest absolute Gasteiger partial charge is 0.314 e. The van der Waals surface area contributed by atoms with Crippen LogP contribution in [-0.2, 0) is 9.53 Å². The number of carbonyl (C=O) groups is 1. The van der Waals surface area contributed by atoms with Gasteiger partial charge >= 0.3 is 5.97 Å². The molecule has 3 unspecified atom stereocenters. The predicted molar refractivity (Wildman–Crippen MR) is 69.7 cm³/mol. The molecule has 1 aliphatic heterocycles. The van der Waals surface area contributed by atoms with E-state index in [1.165, 1.54) is 11.1 Å². The lowest BCUT2D eigenvalue weighted by molar-refractivity contribution is -0.158. The van der Waals surface area contributed by atoms with Crippen LogP contribution in [0.5, 0.6) is 0 Å². The first-order valence-corrected chi connectivity index (χ1v) is 6.64. The predicted octanol–water partition coefficient (Wildman–Crippen LogP) is 2.95. The van der Waals surface area contributed by atoms with Gasteiger partial charge in [-0.05, 0) is 46.5 Å². The van der Waals surface area contributed by atoms with Crippen molar-refractivity contribution in [3.63, 3.8) is 0 Å². The maximum absolute atomic E-state index is 11.7. The minimum Gasteiger partial charge on any atom is -0.435 e. The largest absolute Gasteiger partial charge is 0.435 e. The highest BCUT2D eigenvalue weighted by atomic mass is 16.6. The number of hydrogen-bond acceptors (Lipinski definition) is 3. The molecule has 1 fully saturated rings. The van der Waals surface area contributed by atoms with Crippen LogP contribution in [-0.4, -0.2) is 17.4 Å². The van der Waals surface area contributed by atoms with Crippen LogP contribution < -0.4 is 0 Å². The Morgan fingerprint density at radius 3 is 3.00 bits per heavy atom. The number of fused-ring (bicyclic) bond motifs is 1. The molecule has 1 aliphatic carbocycles. The third-order valence-corrected chi connectivity index (χ3v) is 4.17. The second kappa shape index (κ2) is 4.88. The minimum atomic E-state index is -0.922. The zero-order valence-corrected chi connectivity index (χ0v) is 11.4. The molecular formula is C15H22O3. The van der Waals surface area contributed by atoms with Gasteiger partial charge in [0.25, 0.3) is 0 Å². The molecule has 0 aromatic rings. The molecule has 3 nitrogen and oxygen atoms in total. The summed E-state index contributed by atoms with van der Waals surface area (Å²) in [5, 5.41) is 9.81. The number of aliphatic hydroxyl groups excluding tert-OH is 1. The summed E-state index contributed by atoms with van der Waals surface area (Å²) >= 11 is 0. The molecule has 3 heteroatoms. The van der Waals surface area contributed by atoms with Crippen LogP contribution in [0.2, 0.25) is 0 Å². The van der Waals surface area contributed by atoms with Crippen LogP contribution >= 0.6 is 0 Å². The summed E-state index contributed by atoms with van der Waals surface area (Å²) in [6, 6.07) is 0. The van der Waals surface area contributed by atoms with Gasteiger partial charge in [-0.2, -0.15) is 0 Å². The van der Waals surface area contributed by atoms with E-state index < -0.39 is 11.7 Å². The normalized spacial score (nSPS) is 34.7. The minimum absolute atomic E-state index is 0.0725. The Morgan fingerprint density at radius 2 is 2.33 bits per heavy atom. The first-order chi connectivity index (χ1) is 8.43. The van der Waals surface area contributed by atoms with E-state index in [4.69, 9.17) is 4.74 Å².